The number of para-hydroxylation sites is 1. The van der Waals surface area contributed by atoms with Crippen LogP contribution in [0, 0.1) is 29.1 Å². The maximum atomic E-state index is 13.5. The summed E-state index contributed by atoms with van der Waals surface area (Å²) in [6.45, 7) is -0.266. The number of hydrogen-bond donors (Lipinski definition) is 1. The molecule has 0 fully saturated rings. The molecule has 1 N–H and O–H groups in total. The molecule has 0 heterocycles. The minimum Gasteiger partial charge on any atom is -0.451 e. The highest BCUT2D eigenvalue weighted by atomic mass is 19.2. The predicted molar refractivity (Wildman–Crippen MR) is 63.5 cm³/mol. The van der Waals surface area contributed by atoms with Crippen molar-refractivity contribution in [2.24, 2.45) is 0 Å². The minimum absolute atomic E-state index is 0.102. The van der Waals surface area contributed by atoms with Crippen LogP contribution in [-0.2, 0) is 6.42 Å². The highest BCUT2D eigenvalue weighted by Gasteiger charge is 2.27. The molecule has 0 saturated heterocycles. The van der Waals surface area contributed by atoms with E-state index in [1.54, 1.807) is 6.07 Å². The summed E-state index contributed by atoms with van der Waals surface area (Å²) in [5.41, 5.74) is 0.365. The molecule has 0 unspecified atom stereocenters. The van der Waals surface area contributed by atoms with E-state index in [1.165, 1.54) is 18.2 Å². The number of rotatable bonds is 4. The first-order valence-electron chi connectivity index (χ1n) is 5.85. The Morgan fingerprint density at radius 2 is 1.33 bits per heavy atom. The molecule has 0 amide bonds. The Morgan fingerprint density at radius 1 is 0.810 bits per heavy atom. The van der Waals surface area contributed by atoms with Crippen LogP contribution in [0.3, 0.4) is 0 Å². The van der Waals surface area contributed by atoms with Crippen molar-refractivity contribution in [1.82, 2.24) is 0 Å². The van der Waals surface area contributed by atoms with E-state index < -0.39 is 34.8 Å². The van der Waals surface area contributed by atoms with Crippen LogP contribution in [0.4, 0.5) is 22.0 Å². The molecular formula is C14H9F5O2. The maximum absolute atomic E-state index is 13.5. The predicted octanol–water partition coefficient (Wildman–Crippen LogP) is 3.71. The van der Waals surface area contributed by atoms with E-state index in [1.807, 2.05) is 0 Å². The molecule has 0 bridgehead atoms. The van der Waals surface area contributed by atoms with E-state index >= 15 is 0 Å². The van der Waals surface area contributed by atoms with Gasteiger partial charge in [-0.1, -0.05) is 18.2 Å². The minimum atomic E-state index is -2.25. The highest BCUT2D eigenvalue weighted by molar-refractivity contribution is 5.39. The van der Waals surface area contributed by atoms with Gasteiger partial charge < -0.3 is 9.84 Å². The fourth-order valence-electron chi connectivity index (χ4n) is 1.71. The average Bonchev–Trinajstić information content (AvgIpc) is 2.49. The summed E-state index contributed by atoms with van der Waals surface area (Å²) in [7, 11) is 0. The molecule has 112 valence electrons. The Labute approximate surface area is 116 Å². The second-order valence-electron chi connectivity index (χ2n) is 4.08. The maximum Gasteiger partial charge on any atom is 0.207 e. The standard InChI is InChI=1S/C14H9F5O2/c15-9-10(16)12(18)14(13(19)11(9)17)21-8-4-2-1-3-7(8)5-6-20/h1-4,20H,5-6H2. The number of hydrogen-bond acceptors (Lipinski definition) is 2. The third kappa shape index (κ3) is 2.82. The smallest absolute Gasteiger partial charge is 0.207 e. The lowest BCUT2D eigenvalue weighted by Gasteiger charge is -2.12. The number of aliphatic hydroxyl groups excluding tert-OH is 1. The fourth-order valence-corrected chi connectivity index (χ4v) is 1.71. The summed E-state index contributed by atoms with van der Waals surface area (Å²) in [6.07, 6.45) is 0.103. The van der Waals surface area contributed by atoms with Gasteiger partial charge in [0.15, 0.2) is 0 Å². The van der Waals surface area contributed by atoms with Crippen LogP contribution in [-0.4, -0.2) is 11.7 Å². The highest BCUT2D eigenvalue weighted by Crippen LogP contribution is 2.34. The monoisotopic (exact) mass is 304 g/mol. The summed E-state index contributed by atoms with van der Waals surface area (Å²) in [4.78, 5) is 0. The van der Waals surface area contributed by atoms with E-state index in [-0.39, 0.29) is 18.8 Å². The van der Waals surface area contributed by atoms with Crippen LogP contribution < -0.4 is 4.74 Å². The molecule has 0 spiro atoms. The van der Waals surface area contributed by atoms with Gasteiger partial charge in [0.25, 0.3) is 0 Å². The van der Waals surface area contributed by atoms with Gasteiger partial charge in [0, 0.05) is 6.61 Å². The van der Waals surface area contributed by atoms with Gasteiger partial charge in [0.05, 0.1) is 0 Å². The van der Waals surface area contributed by atoms with Crippen molar-refractivity contribution in [2.45, 2.75) is 6.42 Å². The van der Waals surface area contributed by atoms with Gasteiger partial charge in [-0.05, 0) is 18.1 Å². The Morgan fingerprint density at radius 3 is 1.90 bits per heavy atom. The van der Waals surface area contributed by atoms with Gasteiger partial charge >= 0.3 is 0 Å². The van der Waals surface area contributed by atoms with Gasteiger partial charge in [-0.25, -0.2) is 13.2 Å². The van der Waals surface area contributed by atoms with Crippen molar-refractivity contribution in [3.63, 3.8) is 0 Å². The topological polar surface area (TPSA) is 29.5 Å². The normalized spacial score (nSPS) is 10.8. The van der Waals surface area contributed by atoms with Crippen LogP contribution in [0.2, 0.25) is 0 Å². The van der Waals surface area contributed by atoms with Gasteiger partial charge in [-0.3, -0.25) is 0 Å². The Balaban J connectivity index is 2.50. The molecule has 2 aromatic rings. The summed E-state index contributed by atoms with van der Waals surface area (Å²) >= 11 is 0. The molecule has 0 aliphatic heterocycles. The van der Waals surface area contributed by atoms with Crippen molar-refractivity contribution in [2.75, 3.05) is 6.61 Å². The molecule has 0 aliphatic rings. The van der Waals surface area contributed by atoms with E-state index in [4.69, 9.17) is 9.84 Å². The lowest BCUT2D eigenvalue weighted by Crippen LogP contribution is -2.05. The third-order valence-corrected chi connectivity index (χ3v) is 2.74. The fraction of sp³-hybridized carbons (Fsp3) is 0.143. The van der Waals surface area contributed by atoms with Gasteiger partial charge in [-0.2, -0.15) is 8.78 Å². The van der Waals surface area contributed by atoms with Crippen LogP contribution in [0.15, 0.2) is 24.3 Å². The third-order valence-electron chi connectivity index (χ3n) is 2.74. The first kappa shape index (κ1) is 15.2. The Bertz CT molecular complexity index is 644. The quantitative estimate of drug-likeness (QED) is 0.530. The van der Waals surface area contributed by atoms with Crippen molar-refractivity contribution in [3.05, 3.63) is 58.9 Å². The number of ether oxygens (including phenoxy) is 1. The van der Waals surface area contributed by atoms with Crippen molar-refractivity contribution < 1.29 is 31.8 Å². The van der Waals surface area contributed by atoms with Crippen LogP contribution >= 0.6 is 0 Å². The SMILES string of the molecule is OCCc1ccccc1Oc1c(F)c(F)c(F)c(F)c1F. The van der Waals surface area contributed by atoms with Gasteiger partial charge in [0.2, 0.25) is 34.8 Å². The second-order valence-corrected chi connectivity index (χ2v) is 4.08. The molecule has 21 heavy (non-hydrogen) atoms. The van der Waals surface area contributed by atoms with Crippen LogP contribution in [0.5, 0.6) is 11.5 Å². The molecule has 2 nitrogen and oxygen atoms in total. The van der Waals surface area contributed by atoms with Gasteiger partial charge in [0.1, 0.15) is 5.75 Å². The first-order chi connectivity index (χ1) is 9.97. The van der Waals surface area contributed by atoms with Crippen molar-refractivity contribution in [1.29, 1.82) is 0 Å². The number of benzene rings is 2. The number of aliphatic hydroxyl groups is 1. The molecule has 0 saturated carbocycles. The molecule has 7 heteroatoms. The summed E-state index contributed by atoms with van der Waals surface area (Å²) in [5, 5.41) is 8.87. The van der Waals surface area contributed by atoms with Crippen LogP contribution in [0.1, 0.15) is 5.56 Å². The molecule has 2 aromatic carbocycles. The molecule has 0 atom stereocenters. The molecular weight excluding hydrogens is 295 g/mol. The summed E-state index contributed by atoms with van der Waals surface area (Å²) in [6, 6.07) is 5.83. The van der Waals surface area contributed by atoms with E-state index in [9.17, 15) is 22.0 Å². The first-order valence-corrected chi connectivity index (χ1v) is 5.85. The lowest BCUT2D eigenvalue weighted by atomic mass is 10.1. The second kappa shape index (κ2) is 6.09. The van der Waals surface area contributed by atoms with Crippen molar-refractivity contribution in [3.8, 4) is 11.5 Å². The lowest BCUT2D eigenvalue weighted by molar-refractivity contribution is 0.296. The molecule has 0 radical (unpaired) electrons. The zero-order chi connectivity index (χ0) is 15.6. The average molecular weight is 304 g/mol. The molecule has 0 aromatic heterocycles. The van der Waals surface area contributed by atoms with E-state index in [2.05, 4.69) is 0 Å². The zero-order valence-electron chi connectivity index (χ0n) is 10.5. The Hall–Kier alpha value is -2.15. The molecule has 0 aliphatic carbocycles. The zero-order valence-corrected chi connectivity index (χ0v) is 10.5. The number of halogens is 5. The van der Waals surface area contributed by atoms with E-state index in [0.717, 1.165) is 0 Å². The Kier molecular flexibility index (Phi) is 4.42. The van der Waals surface area contributed by atoms with Crippen molar-refractivity contribution >= 4 is 0 Å². The summed E-state index contributed by atoms with van der Waals surface area (Å²) in [5.74, 6) is -12.0. The molecule has 2 rings (SSSR count). The van der Waals surface area contributed by atoms with Gasteiger partial charge in [-0.15, -0.1) is 0 Å². The largest absolute Gasteiger partial charge is 0.451 e. The van der Waals surface area contributed by atoms with Crippen LogP contribution in [0.25, 0.3) is 0 Å². The van der Waals surface area contributed by atoms with E-state index in [0.29, 0.717) is 5.56 Å². The summed E-state index contributed by atoms with van der Waals surface area (Å²) < 4.78 is 70.9.